The van der Waals surface area contributed by atoms with Crippen LogP contribution in [0.3, 0.4) is 0 Å². The van der Waals surface area contributed by atoms with Crippen LogP contribution in [0.5, 0.6) is 5.75 Å². The molecule has 0 aromatic heterocycles. The molecule has 1 aromatic rings. The fourth-order valence-electron chi connectivity index (χ4n) is 1.84. The number of aliphatic hydroxyl groups is 1. The zero-order chi connectivity index (χ0) is 13.5. The Morgan fingerprint density at radius 1 is 1.44 bits per heavy atom. The molecule has 0 bridgehead atoms. The lowest BCUT2D eigenvalue weighted by atomic mass is 10.0. The van der Waals surface area contributed by atoms with Crippen LogP contribution in [0.4, 0.5) is 0 Å². The Labute approximate surface area is 107 Å². The van der Waals surface area contributed by atoms with E-state index in [1.807, 2.05) is 19.1 Å². The van der Waals surface area contributed by atoms with Gasteiger partial charge in [0.15, 0.2) is 6.61 Å². The third-order valence-corrected chi connectivity index (χ3v) is 2.77. The first-order chi connectivity index (χ1) is 8.50. The molecule has 0 fully saturated rings. The van der Waals surface area contributed by atoms with Crippen LogP contribution in [0.15, 0.2) is 18.2 Å². The molecule has 1 atom stereocenters. The molecule has 18 heavy (non-hydrogen) atoms. The summed E-state index contributed by atoms with van der Waals surface area (Å²) in [5.41, 5.74) is 2.11. The third kappa shape index (κ3) is 4.75. The van der Waals surface area contributed by atoms with Crippen LogP contribution >= 0.6 is 0 Å². The van der Waals surface area contributed by atoms with Gasteiger partial charge in [-0.2, -0.15) is 0 Å². The number of benzene rings is 1. The van der Waals surface area contributed by atoms with E-state index in [-0.39, 0.29) is 12.7 Å². The number of aliphatic hydroxyl groups excluding tert-OH is 1. The maximum Gasteiger partial charge on any atom is 0.341 e. The zero-order valence-electron chi connectivity index (χ0n) is 10.8. The van der Waals surface area contributed by atoms with Crippen molar-refractivity contribution in [3.8, 4) is 5.75 Å². The molecule has 0 amide bonds. The van der Waals surface area contributed by atoms with E-state index in [1.165, 1.54) is 0 Å². The summed E-state index contributed by atoms with van der Waals surface area (Å²) in [5, 5.41) is 17.9. The van der Waals surface area contributed by atoms with E-state index in [1.54, 1.807) is 13.0 Å². The molecule has 0 unspecified atom stereocenters. The van der Waals surface area contributed by atoms with Gasteiger partial charge in [0, 0.05) is 0 Å². The second-order valence-electron chi connectivity index (χ2n) is 4.48. The van der Waals surface area contributed by atoms with Crippen molar-refractivity contribution in [3.63, 3.8) is 0 Å². The van der Waals surface area contributed by atoms with E-state index in [9.17, 15) is 9.90 Å². The first kappa shape index (κ1) is 14.5. The molecule has 100 valence electrons. The van der Waals surface area contributed by atoms with Crippen molar-refractivity contribution in [2.75, 3.05) is 6.61 Å². The highest BCUT2D eigenvalue weighted by Crippen LogP contribution is 2.24. The predicted molar refractivity (Wildman–Crippen MR) is 68.9 cm³/mol. The van der Waals surface area contributed by atoms with E-state index in [2.05, 4.69) is 0 Å². The van der Waals surface area contributed by atoms with Gasteiger partial charge in [0.05, 0.1) is 6.10 Å². The van der Waals surface area contributed by atoms with Crippen LogP contribution in [0.2, 0.25) is 0 Å². The van der Waals surface area contributed by atoms with Gasteiger partial charge in [-0.3, -0.25) is 0 Å². The van der Waals surface area contributed by atoms with Crippen molar-refractivity contribution in [2.45, 2.75) is 39.2 Å². The Kier molecular flexibility index (Phi) is 5.65. The number of carbonyl (C=O) groups is 1. The largest absolute Gasteiger partial charge is 0.482 e. The molecule has 2 N–H and O–H groups in total. The number of hydrogen-bond donors (Lipinski definition) is 2. The fourth-order valence-corrected chi connectivity index (χ4v) is 1.84. The van der Waals surface area contributed by atoms with Gasteiger partial charge in [-0.15, -0.1) is 0 Å². The van der Waals surface area contributed by atoms with Gasteiger partial charge in [0.2, 0.25) is 0 Å². The molecule has 4 nitrogen and oxygen atoms in total. The molecule has 0 spiro atoms. The number of carboxylic acid groups (broad SMARTS) is 1. The monoisotopic (exact) mass is 252 g/mol. The van der Waals surface area contributed by atoms with Crippen LogP contribution in [-0.4, -0.2) is 28.9 Å². The Bertz CT molecular complexity index is 399. The lowest BCUT2D eigenvalue weighted by molar-refractivity contribution is -0.139. The van der Waals surface area contributed by atoms with Gasteiger partial charge in [-0.05, 0) is 50.3 Å². The standard InChI is InChI=1S/C14H20O4/c1-10-5-3-8-13(18-9-14(16)17)12(10)7-4-6-11(2)15/h3,5,8,11,15H,4,6-7,9H2,1-2H3,(H,16,17)/t11-/m0/s1. The van der Waals surface area contributed by atoms with Crippen molar-refractivity contribution in [1.82, 2.24) is 0 Å². The minimum Gasteiger partial charge on any atom is -0.482 e. The Morgan fingerprint density at radius 3 is 2.78 bits per heavy atom. The molecular weight excluding hydrogens is 232 g/mol. The smallest absolute Gasteiger partial charge is 0.341 e. The van der Waals surface area contributed by atoms with Crippen LogP contribution in [0.25, 0.3) is 0 Å². The number of aliphatic carboxylic acids is 1. The molecule has 0 radical (unpaired) electrons. The van der Waals surface area contributed by atoms with Gasteiger partial charge in [0.1, 0.15) is 5.75 Å². The van der Waals surface area contributed by atoms with Gasteiger partial charge in [0.25, 0.3) is 0 Å². The Balaban J connectivity index is 2.70. The van der Waals surface area contributed by atoms with Crippen LogP contribution in [0.1, 0.15) is 30.9 Å². The predicted octanol–water partition coefficient (Wildman–Crippen LogP) is 2.16. The number of hydrogen-bond acceptors (Lipinski definition) is 3. The quantitative estimate of drug-likeness (QED) is 0.780. The third-order valence-electron chi connectivity index (χ3n) is 2.77. The zero-order valence-corrected chi connectivity index (χ0v) is 10.8. The van der Waals surface area contributed by atoms with Crippen LogP contribution < -0.4 is 4.74 Å². The molecule has 0 aliphatic heterocycles. The highest BCUT2D eigenvalue weighted by Gasteiger charge is 2.09. The summed E-state index contributed by atoms with van der Waals surface area (Å²) < 4.78 is 5.27. The average molecular weight is 252 g/mol. The first-order valence-electron chi connectivity index (χ1n) is 6.12. The van der Waals surface area contributed by atoms with Gasteiger partial charge in [-0.1, -0.05) is 12.1 Å². The van der Waals surface area contributed by atoms with Crippen molar-refractivity contribution in [1.29, 1.82) is 0 Å². The van der Waals surface area contributed by atoms with E-state index < -0.39 is 5.97 Å². The number of carboxylic acids is 1. The second kappa shape index (κ2) is 7.01. The fraction of sp³-hybridized carbons (Fsp3) is 0.500. The summed E-state index contributed by atoms with van der Waals surface area (Å²) in [6.07, 6.45) is 2.06. The summed E-state index contributed by atoms with van der Waals surface area (Å²) in [6.45, 7) is 3.41. The maximum atomic E-state index is 10.5. The van der Waals surface area contributed by atoms with Crippen molar-refractivity contribution >= 4 is 5.97 Å². The minimum absolute atomic E-state index is 0.308. The summed E-state index contributed by atoms with van der Waals surface area (Å²) in [4.78, 5) is 10.5. The number of ether oxygens (including phenoxy) is 1. The van der Waals surface area contributed by atoms with E-state index in [0.717, 1.165) is 30.4 Å². The number of rotatable bonds is 7. The summed E-state index contributed by atoms with van der Waals surface area (Å²) in [5.74, 6) is -0.352. The lowest BCUT2D eigenvalue weighted by Crippen LogP contribution is -2.11. The summed E-state index contributed by atoms with van der Waals surface area (Å²) >= 11 is 0. The van der Waals surface area contributed by atoms with Crippen molar-refractivity contribution in [3.05, 3.63) is 29.3 Å². The molecular formula is C14H20O4. The Hall–Kier alpha value is -1.55. The molecule has 0 aliphatic carbocycles. The molecule has 0 saturated carbocycles. The molecule has 0 aliphatic rings. The average Bonchev–Trinajstić information content (AvgIpc) is 2.28. The minimum atomic E-state index is -0.980. The Morgan fingerprint density at radius 2 is 2.17 bits per heavy atom. The van der Waals surface area contributed by atoms with Crippen molar-refractivity contribution < 1.29 is 19.7 Å². The van der Waals surface area contributed by atoms with E-state index >= 15 is 0 Å². The SMILES string of the molecule is Cc1cccc(OCC(=O)O)c1CCC[C@H](C)O. The van der Waals surface area contributed by atoms with Gasteiger partial charge >= 0.3 is 5.97 Å². The van der Waals surface area contributed by atoms with Gasteiger partial charge in [-0.25, -0.2) is 4.79 Å². The molecule has 1 rings (SSSR count). The molecule has 0 saturated heterocycles. The lowest BCUT2D eigenvalue weighted by Gasteiger charge is -2.13. The highest BCUT2D eigenvalue weighted by atomic mass is 16.5. The van der Waals surface area contributed by atoms with Crippen LogP contribution in [0, 0.1) is 6.92 Å². The second-order valence-corrected chi connectivity index (χ2v) is 4.48. The van der Waals surface area contributed by atoms with E-state index in [4.69, 9.17) is 9.84 Å². The summed E-state index contributed by atoms with van der Waals surface area (Å²) in [7, 11) is 0. The highest BCUT2D eigenvalue weighted by molar-refractivity contribution is 5.68. The molecule has 4 heteroatoms. The normalized spacial score (nSPS) is 12.2. The topological polar surface area (TPSA) is 66.8 Å². The summed E-state index contributed by atoms with van der Waals surface area (Å²) in [6, 6.07) is 5.61. The maximum absolute atomic E-state index is 10.5. The number of aryl methyl sites for hydroxylation is 1. The molecule has 0 heterocycles. The van der Waals surface area contributed by atoms with Gasteiger partial charge < -0.3 is 14.9 Å². The molecule has 1 aromatic carbocycles. The van der Waals surface area contributed by atoms with Crippen molar-refractivity contribution in [2.24, 2.45) is 0 Å². The van der Waals surface area contributed by atoms with E-state index in [0.29, 0.717) is 5.75 Å². The first-order valence-corrected chi connectivity index (χ1v) is 6.12. The van der Waals surface area contributed by atoms with Crippen LogP contribution in [-0.2, 0) is 11.2 Å².